The van der Waals surface area contributed by atoms with E-state index in [9.17, 15) is 14.4 Å². The Morgan fingerprint density at radius 3 is 2.81 bits per heavy atom. The van der Waals surface area contributed by atoms with Crippen LogP contribution in [0.15, 0.2) is 24.3 Å². The van der Waals surface area contributed by atoms with Crippen molar-refractivity contribution in [1.82, 2.24) is 4.90 Å². The summed E-state index contributed by atoms with van der Waals surface area (Å²) in [5.74, 6) is -0.631. The minimum atomic E-state index is -0.495. The van der Waals surface area contributed by atoms with Crippen molar-refractivity contribution in [3.05, 3.63) is 29.8 Å². The lowest BCUT2D eigenvalue weighted by Gasteiger charge is -2.24. The van der Waals surface area contributed by atoms with Gasteiger partial charge in [-0.15, -0.1) is 0 Å². The van der Waals surface area contributed by atoms with E-state index in [-0.39, 0.29) is 17.7 Å². The number of rotatable bonds is 2. The third-order valence-electron chi connectivity index (χ3n) is 4.11. The van der Waals surface area contributed by atoms with Crippen LogP contribution in [0, 0.1) is 0 Å². The molecule has 0 spiro atoms. The first-order valence-corrected chi connectivity index (χ1v) is 7.42. The van der Waals surface area contributed by atoms with E-state index in [1.54, 1.807) is 29.2 Å². The number of carbonyl (C=O) groups is 3. The van der Waals surface area contributed by atoms with E-state index in [0.717, 1.165) is 6.42 Å². The van der Waals surface area contributed by atoms with Crippen LogP contribution >= 0.6 is 0 Å². The summed E-state index contributed by atoms with van der Waals surface area (Å²) in [6.07, 6.45) is 2.42. The molecule has 3 amide bonds. The zero-order valence-electron chi connectivity index (χ0n) is 12.0. The molecule has 1 fully saturated rings. The average Bonchev–Trinajstić information content (AvgIpc) is 2.94. The van der Waals surface area contributed by atoms with Gasteiger partial charge in [0.05, 0.1) is 11.3 Å². The Kier molecular flexibility index (Phi) is 3.49. The molecular formula is C16H18N2O3. The van der Waals surface area contributed by atoms with Gasteiger partial charge in [0, 0.05) is 13.0 Å². The third-order valence-corrected chi connectivity index (χ3v) is 4.11. The Labute approximate surface area is 123 Å². The Balaban J connectivity index is 2.13. The number of hydrogen-bond acceptors (Lipinski definition) is 3. The largest absolute Gasteiger partial charge is 0.327 e. The van der Waals surface area contributed by atoms with Crippen LogP contribution in [0.2, 0.25) is 0 Å². The smallest absolute Gasteiger partial charge is 0.256 e. The highest BCUT2D eigenvalue weighted by atomic mass is 16.2. The molecule has 2 aliphatic heterocycles. The maximum Gasteiger partial charge on any atom is 0.256 e. The van der Waals surface area contributed by atoms with Gasteiger partial charge in [-0.2, -0.15) is 0 Å². The van der Waals surface area contributed by atoms with E-state index in [1.165, 1.54) is 4.90 Å². The van der Waals surface area contributed by atoms with Crippen molar-refractivity contribution in [2.24, 2.45) is 0 Å². The van der Waals surface area contributed by atoms with Crippen LogP contribution in [0.25, 0.3) is 0 Å². The van der Waals surface area contributed by atoms with Gasteiger partial charge in [-0.1, -0.05) is 19.1 Å². The van der Waals surface area contributed by atoms with Crippen LogP contribution < -0.4 is 4.90 Å². The van der Waals surface area contributed by atoms with Gasteiger partial charge < -0.3 is 4.90 Å². The van der Waals surface area contributed by atoms with Crippen LogP contribution in [0.1, 0.15) is 43.0 Å². The molecule has 1 saturated heterocycles. The van der Waals surface area contributed by atoms with Crippen molar-refractivity contribution in [1.29, 1.82) is 0 Å². The molecule has 2 aliphatic rings. The van der Waals surface area contributed by atoms with Crippen molar-refractivity contribution >= 4 is 23.4 Å². The van der Waals surface area contributed by atoms with Crippen LogP contribution in [0.3, 0.4) is 0 Å². The van der Waals surface area contributed by atoms with Gasteiger partial charge >= 0.3 is 0 Å². The van der Waals surface area contributed by atoms with Crippen molar-refractivity contribution in [2.45, 2.75) is 38.6 Å². The first-order valence-electron chi connectivity index (χ1n) is 7.42. The van der Waals surface area contributed by atoms with Crippen LogP contribution in [0.5, 0.6) is 0 Å². The molecule has 0 bridgehead atoms. The summed E-state index contributed by atoms with van der Waals surface area (Å²) >= 11 is 0. The first kappa shape index (κ1) is 13.8. The van der Waals surface area contributed by atoms with Gasteiger partial charge in [-0.3, -0.25) is 14.4 Å². The Morgan fingerprint density at radius 2 is 2.05 bits per heavy atom. The lowest BCUT2D eigenvalue weighted by Crippen LogP contribution is -2.47. The topological polar surface area (TPSA) is 57.7 Å². The molecule has 1 atom stereocenters. The second-order valence-corrected chi connectivity index (χ2v) is 5.49. The second-order valence-electron chi connectivity index (χ2n) is 5.49. The standard InChI is InChI=1S/C16H18N2O3/c1-2-6-14(19)18-12-8-4-3-7-11(12)15(20)17-10-5-9-13(17)16(18)21/h3-4,7-8,13H,2,5-6,9-10H2,1H3/t13-/m0/s1. The number of nitrogens with zero attached hydrogens (tertiary/aromatic N) is 2. The minimum Gasteiger partial charge on any atom is -0.327 e. The maximum atomic E-state index is 12.8. The number of fused-ring (bicyclic) bond motifs is 2. The first-order chi connectivity index (χ1) is 10.1. The van der Waals surface area contributed by atoms with Gasteiger partial charge in [0.15, 0.2) is 0 Å². The molecule has 1 aromatic rings. The summed E-state index contributed by atoms with van der Waals surface area (Å²) in [6.45, 7) is 2.48. The van der Waals surface area contributed by atoms with E-state index in [2.05, 4.69) is 0 Å². The van der Waals surface area contributed by atoms with E-state index < -0.39 is 6.04 Å². The van der Waals surface area contributed by atoms with Crippen molar-refractivity contribution in [3.63, 3.8) is 0 Å². The number of benzene rings is 1. The molecule has 5 heteroatoms. The third kappa shape index (κ3) is 2.13. The Hall–Kier alpha value is -2.17. The zero-order chi connectivity index (χ0) is 15.0. The molecule has 0 radical (unpaired) electrons. The normalized spacial score (nSPS) is 21.1. The average molecular weight is 286 g/mol. The van der Waals surface area contributed by atoms with Gasteiger partial charge in [0.2, 0.25) is 5.91 Å². The summed E-state index contributed by atoms with van der Waals surface area (Å²) in [6, 6.07) is 6.40. The number of imide groups is 1. The summed E-state index contributed by atoms with van der Waals surface area (Å²) < 4.78 is 0. The van der Waals surface area contributed by atoms with E-state index in [4.69, 9.17) is 0 Å². The quantitative estimate of drug-likeness (QED) is 0.835. The lowest BCUT2D eigenvalue weighted by molar-refractivity contribution is -0.128. The molecule has 0 unspecified atom stereocenters. The van der Waals surface area contributed by atoms with Crippen LogP contribution in [0.4, 0.5) is 5.69 Å². The van der Waals surface area contributed by atoms with E-state index in [1.807, 2.05) is 6.92 Å². The van der Waals surface area contributed by atoms with Crippen LogP contribution in [-0.2, 0) is 9.59 Å². The molecule has 2 heterocycles. The monoisotopic (exact) mass is 286 g/mol. The summed E-state index contributed by atoms with van der Waals surface area (Å²) in [5.41, 5.74) is 0.875. The predicted molar refractivity (Wildman–Crippen MR) is 77.9 cm³/mol. The fraction of sp³-hybridized carbons (Fsp3) is 0.438. The van der Waals surface area contributed by atoms with Gasteiger partial charge in [-0.05, 0) is 31.4 Å². The molecule has 0 aliphatic carbocycles. The second kappa shape index (κ2) is 5.31. The summed E-state index contributed by atoms with van der Waals surface area (Å²) in [5, 5.41) is 0. The highest BCUT2D eigenvalue weighted by Gasteiger charge is 2.43. The van der Waals surface area contributed by atoms with Gasteiger partial charge in [0.1, 0.15) is 6.04 Å². The minimum absolute atomic E-state index is 0.145. The molecule has 0 aromatic heterocycles. The summed E-state index contributed by atoms with van der Waals surface area (Å²) in [4.78, 5) is 40.6. The fourth-order valence-corrected chi connectivity index (χ4v) is 3.12. The zero-order valence-corrected chi connectivity index (χ0v) is 12.0. The van der Waals surface area contributed by atoms with Crippen molar-refractivity contribution < 1.29 is 14.4 Å². The molecule has 1 aromatic carbocycles. The van der Waals surface area contributed by atoms with Crippen molar-refractivity contribution in [2.75, 3.05) is 11.4 Å². The van der Waals surface area contributed by atoms with Crippen molar-refractivity contribution in [3.8, 4) is 0 Å². The SMILES string of the molecule is CCCC(=O)N1C(=O)[C@@H]2CCCN2C(=O)c2ccccc21. The number of anilines is 1. The molecule has 0 N–H and O–H groups in total. The molecular weight excluding hydrogens is 268 g/mol. The maximum absolute atomic E-state index is 12.8. The molecule has 110 valence electrons. The Morgan fingerprint density at radius 1 is 1.29 bits per heavy atom. The van der Waals surface area contributed by atoms with Crippen LogP contribution in [-0.4, -0.2) is 35.2 Å². The predicted octanol–water partition coefficient (Wildman–Crippen LogP) is 1.96. The number of amides is 3. The van der Waals surface area contributed by atoms with E-state index in [0.29, 0.717) is 37.1 Å². The number of carbonyl (C=O) groups excluding carboxylic acids is 3. The lowest BCUT2D eigenvalue weighted by atomic mass is 10.1. The molecule has 3 rings (SSSR count). The molecule has 0 saturated carbocycles. The molecule has 5 nitrogen and oxygen atoms in total. The fourth-order valence-electron chi connectivity index (χ4n) is 3.12. The molecule has 21 heavy (non-hydrogen) atoms. The number of para-hydroxylation sites is 1. The summed E-state index contributed by atoms with van der Waals surface area (Å²) in [7, 11) is 0. The highest BCUT2D eigenvalue weighted by Crippen LogP contribution is 2.32. The number of hydrogen-bond donors (Lipinski definition) is 0. The highest BCUT2D eigenvalue weighted by molar-refractivity contribution is 6.22. The van der Waals surface area contributed by atoms with E-state index >= 15 is 0 Å². The Bertz CT molecular complexity index is 611. The van der Waals surface area contributed by atoms with Gasteiger partial charge in [0.25, 0.3) is 11.8 Å². The van der Waals surface area contributed by atoms with Gasteiger partial charge in [-0.25, -0.2) is 4.90 Å².